The van der Waals surface area contributed by atoms with Crippen LogP contribution in [0.25, 0.3) is 0 Å². The second-order valence-electron chi connectivity index (χ2n) is 7.79. The number of aryl methyl sites for hydroxylation is 1. The Morgan fingerprint density at radius 1 is 1.32 bits per heavy atom. The molecular weight excluding hydrogens is 400 g/mol. The number of carbonyl (C=O) groups excluding carboxylic acids is 1. The number of rotatable bonds is 4. The van der Waals surface area contributed by atoms with Crippen molar-refractivity contribution in [2.75, 3.05) is 31.6 Å². The van der Waals surface area contributed by atoms with Crippen molar-refractivity contribution in [2.45, 2.75) is 59.1 Å². The summed E-state index contributed by atoms with van der Waals surface area (Å²) in [5, 5.41) is 0.583. The Morgan fingerprint density at radius 3 is 2.46 bits per heavy atom. The smallest absolute Gasteiger partial charge is 0.410 e. The van der Waals surface area contributed by atoms with Crippen LogP contribution < -0.4 is 4.90 Å². The molecule has 2 rings (SSSR count). The fourth-order valence-corrected chi connectivity index (χ4v) is 3.75. The van der Waals surface area contributed by atoms with Crippen LogP contribution >= 0.6 is 23.8 Å². The van der Waals surface area contributed by atoms with E-state index >= 15 is 0 Å². The molecule has 0 atom stereocenters. The predicted octanol–water partition coefficient (Wildman–Crippen LogP) is 3.99. The molecule has 0 bridgehead atoms. The van der Waals surface area contributed by atoms with E-state index in [4.69, 9.17) is 33.3 Å². The number of carbonyl (C=O) groups is 1. The summed E-state index contributed by atoms with van der Waals surface area (Å²) in [4.78, 5) is 24.9. The molecule has 0 aliphatic carbocycles. The number of aromatic nitrogens is 2. The monoisotopic (exact) mass is 428 g/mol. The summed E-state index contributed by atoms with van der Waals surface area (Å²) < 4.78 is 11.0. The molecule has 7 nitrogen and oxygen atoms in total. The fraction of sp³-hybridized carbons (Fsp3) is 0.684. The van der Waals surface area contributed by atoms with Crippen molar-refractivity contribution in [2.24, 2.45) is 0 Å². The highest BCUT2D eigenvalue weighted by atomic mass is 35.5. The Hall–Kier alpha value is -1.67. The molecule has 1 aromatic rings. The van der Waals surface area contributed by atoms with Gasteiger partial charge >= 0.3 is 6.09 Å². The third-order valence-electron chi connectivity index (χ3n) is 4.44. The highest BCUT2D eigenvalue weighted by Crippen LogP contribution is 2.29. The molecule has 2 heterocycles. The maximum Gasteiger partial charge on any atom is 0.410 e. The van der Waals surface area contributed by atoms with Gasteiger partial charge in [0.25, 0.3) is 0 Å². The summed E-state index contributed by atoms with van der Waals surface area (Å²) in [6.07, 6.45) is 1.31. The Balaban J connectivity index is 2.14. The van der Waals surface area contributed by atoms with Gasteiger partial charge in [-0.3, -0.25) is 0 Å². The van der Waals surface area contributed by atoms with Gasteiger partial charge in [0.1, 0.15) is 28.0 Å². The molecule has 1 amide bonds. The van der Waals surface area contributed by atoms with E-state index in [-0.39, 0.29) is 12.1 Å². The highest BCUT2D eigenvalue weighted by Gasteiger charge is 2.31. The molecule has 28 heavy (non-hydrogen) atoms. The zero-order valence-corrected chi connectivity index (χ0v) is 19.0. The third kappa shape index (κ3) is 5.67. The molecule has 0 spiro atoms. The number of amides is 1. The predicted molar refractivity (Wildman–Crippen MR) is 114 cm³/mol. The van der Waals surface area contributed by atoms with E-state index in [2.05, 4.69) is 14.9 Å². The molecule has 1 saturated heterocycles. The van der Waals surface area contributed by atoms with Crippen LogP contribution in [0.15, 0.2) is 0 Å². The van der Waals surface area contributed by atoms with Gasteiger partial charge in [-0.2, -0.15) is 0 Å². The van der Waals surface area contributed by atoms with Crippen LogP contribution in [0.2, 0.25) is 5.15 Å². The molecule has 9 heteroatoms. The van der Waals surface area contributed by atoms with E-state index in [1.54, 1.807) is 11.8 Å². The van der Waals surface area contributed by atoms with Gasteiger partial charge in [0, 0.05) is 26.2 Å². The normalized spacial score (nSPS) is 15.3. The number of nitrogens with zero attached hydrogens (tertiary/aromatic N) is 4. The van der Waals surface area contributed by atoms with E-state index in [1.165, 1.54) is 0 Å². The van der Waals surface area contributed by atoms with Gasteiger partial charge in [-0.15, -0.1) is 0 Å². The van der Waals surface area contributed by atoms with Crippen molar-refractivity contribution >= 4 is 40.8 Å². The van der Waals surface area contributed by atoms with Gasteiger partial charge in [-0.25, -0.2) is 14.8 Å². The van der Waals surface area contributed by atoms with Crippen molar-refractivity contribution in [3.05, 3.63) is 16.5 Å². The fourth-order valence-electron chi connectivity index (χ4n) is 3.09. The molecule has 0 saturated carbocycles. The molecule has 1 fully saturated rings. The van der Waals surface area contributed by atoms with Gasteiger partial charge in [0.05, 0.1) is 6.61 Å². The number of thiocarbonyl (C=S) groups is 1. The first-order valence-corrected chi connectivity index (χ1v) is 10.2. The minimum absolute atomic E-state index is 0.187. The lowest BCUT2D eigenvalue weighted by atomic mass is 10.0. The van der Waals surface area contributed by atoms with Crippen LogP contribution in [0.3, 0.4) is 0 Å². The lowest BCUT2D eigenvalue weighted by molar-refractivity contribution is 0.0205. The molecule has 1 aromatic heterocycles. The minimum Gasteiger partial charge on any atom is -0.483 e. The van der Waals surface area contributed by atoms with E-state index in [0.29, 0.717) is 47.1 Å². The van der Waals surface area contributed by atoms with Crippen LogP contribution in [-0.2, 0) is 9.47 Å². The lowest BCUT2D eigenvalue weighted by Gasteiger charge is -2.38. The van der Waals surface area contributed by atoms with Crippen molar-refractivity contribution in [3.8, 4) is 0 Å². The standard InChI is InChI=1S/C19H29ClN4O3S/c1-7-26-17(28)14-15(20)21-12(2)22-16(14)23(6)13-8-10-24(11-9-13)18(25)27-19(3,4)5/h13H,7-11H2,1-6H3. The summed E-state index contributed by atoms with van der Waals surface area (Å²) in [7, 11) is 1.96. The summed E-state index contributed by atoms with van der Waals surface area (Å²) in [6, 6.07) is 0.187. The van der Waals surface area contributed by atoms with Crippen LogP contribution in [0, 0.1) is 6.92 Å². The topological polar surface area (TPSA) is 67.8 Å². The average Bonchev–Trinajstić information content (AvgIpc) is 2.59. The molecule has 0 N–H and O–H groups in total. The molecule has 1 aliphatic rings. The Bertz CT molecular complexity index is 731. The van der Waals surface area contributed by atoms with Gasteiger partial charge in [0.2, 0.25) is 0 Å². The summed E-state index contributed by atoms with van der Waals surface area (Å²) in [6.45, 7) is 11.0. The summed E-state index contributed by atoms with van der Waals surface area (Å²) >= 11 is 11.7. The van der Waals surface area contributed by atoms with Crippen LogP contribution in [0.1, 0.15) is 51.9 Å². The third-order valence-corrected chi connectivity index (χ3v) is 5.03. The van der Waals surface area contributed by atoms with Gasteiger partial charge in [0.15, 0.2) is 5.05 Å². The molecule has 0 radical (unpaired) electrons. The zero-order valence-electron chi connectivity index (χ0n) is 17.4. The number of hydrogen-bond acceptors (Lipinski definition) is 7. The van der Waals surface area contributed by atoms with Gasteiger partial charge < -0.3 is 19.3 Å². The summed E-state index contributed by atoms with van der Waals surface area (Å²) in [5.74, 6) is 1.23. The van der Waals surface area contributed by atoms with Crippen LogP contribution in [0.5, 0.6) is 0 Å². The second kappa shape index (κ2) is 9.22. The van der Waals surface area contributed by atoms with Crippen molar-refractivity contribution in [3.63, 3.8) is 0 Å². The Labute approximate surface area is 177 Å². The number of ether oxygens (including phenoxy) is 2. The molecular formula is C19H29ClN4O3S. The van der Waals surface area contributed by atoms with Crippen LogP contribution in [-0.4, -0.2) is 64.4 Å². The van der Waals surface area contributed by atoms with E-state index in [0.717, 1.165) is 12.8 Å². The van der Waals surface area contributed by atoms with Crippen molar-refractivity contribution in [1.82, 2.24) is 14.9 Å². The SMILES string of the molecule is CCOC(=S)c1c(Cl)nc(C)nc1N(C)C1CCN(C(=O)OC(C)(C)C)CC1. The van der Waals surface area contributed by atoms with Gasteiger partial charge in [-0.1, -0.05) is 11.6 Å². The first-order valence-electron chi connectivity index (χ1n) is 9.45. The number of halogens is 1. The molecule has 0 aromatic carbocycles. The zero-order chi connectivity index (χ0) is 21.1. The van der Waals surface area contributed by atoms with E-state index in [1.807, 2.05) is 34.7 Å². The first-order chi connectivity index (χ1) is 13.0. The quantitative estimate of drug-likeness (QED) is 0.530. The molecule has 1 aliphatic heterocycles. The number of hydrogen-bond donors (Lipinski definition) is 0. The second-order valence-corrected chi connectivity index (χ2v) is 8.52. The Morgan fingerprint density at radius 2 is 1.93 bits per heavy atom. The molecule has 156 valence electrons. The molecule has 0 unspecified atom stereocenters. The van der Waals surface area contributed by atoms with E-state index in [9.17, 15) is 4.79 Å². The first kappa shape index (κ1) is 22.6. The van der Waals surface area contributed by atoms with E-state index < -0.39 is 5.60 Å². The Kier molecular flexibility index (Phi) is 7.45. The average molecular weight is 429 g/mol. The number of likely N-dealkylation sites (tertiary alicyclic amines) is 1. The lowest BCUT2D eigenvalue weighted by Crippen LogP contribution is -2.47. The maximum atomic E-state index is 12.3. The van der Waals surface area contributed by atoms with Crippen molar-refractivity contribution < 1.29 is 14.3 Å². The van der Waals surface area contributed by atoms with Gasteiger partial charge in [-0.05, 0) is 59.7 Å². The largest absolute Gasteiger partial charge is 0.483 e. The number of anilines is 1. The van der Waals surface area contributed by atoms with Crippen LogP contribution in [0.4, 0.5) is 10.6 Å². The van der Waals surface area contributed by atoms with Crippen molar-refractivity contribution in [1.29, 1.82) is 0 Å². The summed E-state index contributed by atoms with van der Waals surface area (Å²) in [5.41, 5.74) is 0.0466. The number of piperidine rings is 1. The maximum absolute atomic E-state index is 12.3. The minimum atomic E-state index is -0.496. The highest BCUT2D eigenvalue weighted by molar-refractivity contribution is 7.80.